The topological polar surface area (TPSA) is 58.4 Å². The maximum Gasteiger partial charge on any atom is 0.223 e. The summed E-state index contributed by atoms with van der Waals surface area (Å²) in [6, 6.07) is 1.93. The summed E-state index contributed by atoms with van der Waals surface area (Å²) in [6.45, 7) is 2.15. The van der Waals surface area contributed by atoms with Gasteiger partial charge < -0.3 is 16.0 Å². The van der Waals surface area contributed by atoms with Crippen molar-refractivity contribution in [2.75, 3.05) is 7.05 Å². The standard InChI is InChI=1S/C17H31N3O/c1-11-15(7-4-8-16(11)18)17(21)19-12-9-13-5-3-6-14(10-12)20(13)2/h11-16H,3-10,18H2,1-2H3,(H,19,21). The van der Waals surface area contributed by atoms with Crippen LogP contribution in [0.4, 0.5) is 0 Å². The zero-order valence-corrected chi connectivity index (χ0v) is 13.6. The second-order valence-corrected chi connectivity index (χ2v) is 7.64. The number of carbonyl (C=O) groups is 1. The summed E-state index contributed by atoms with van der Waals surface area (Å²) in [5, 5.41) is 3.37. The number of amides is 1. The van der Waals surface area contributed by atoms with E-state index in [-0.39, 0.29) is 17.9 Å². The van der Waals surface area contributed by atoms with Gasteiger partial charge in [-0.05, 0) is 51.5 Å². The molecule has 120 valence electrons. The average Bonchev–Trinajstić information content (AvgIpc) is 2.43. The van der Waals surface area contributed by atoms with E-state index >= 15 is 0 Å². The van der Waals surface area contributed by atoms with E-state index in [1.54, 1.807) is 0 Å². The minimum absolute atomic E-state index is 0.133. The highest BCUT2D eigenvalue weighted by molar-refractivity contribution is 5.79. The molecule has 1 amide bonds. The minimum atomic E-state index is 0.133. The second kappa shape index (κ2) is 6.25. The first-order valence-electron chi connectivity index (χ1n) is 8.84. The monoisotopic (exact) mass is 293 g/mol. The van der Waals surface area contributed by atoms with Crippen LogP contribution in [0, 0.1) is 11.8 Å². The Morgan fingerprint density at radius 3 is 2.38 bits per heavy atom. The summed E-state index contributed by atoms with van der Waals surface area (Å²) >= 11 is 0. The van der Waals surface area contributed by atoms with Crippen LogP contribution in [0.5, 0.6) is 0 Å². The fraction of sp³-hybridized carbons (Fsp3) is 0.941. The Labute approximate surface area is 128 Å². The van der Waals surface area contributed by atoms with Crippen LogP contribution < -0.4 is 11.1 Å². The first-order chi connectivity index (χ1) is 10.1. The average molecular weight is 293 g/mol. The van der Waals surface area contributed by atoms with Crippen LogP contribution in [0.25, 0.3) is 0 Å². The number of nitrogens with zero attached hydrogens (tertiary/aromatic N) is 1. The van der Waals surface area contributed by atoms with Crippen LogP contribution >= 0.6 is 0 Å². The van der Waals surface area contributed by atoms with Crippen LogP contribution in [0.3, 0.4) is 0 Å². The van der Waals surface area contributed by atoms with Gasteiger partial charge in [0.2, 0.25) is 5.91 Å². The molecule has 0 spiro atoms. The molecule has 0 aromatic rings. The van der Waals surface area contributed by atoms with Crippen molar-refractivity contribution in [1.29, 1.82) is 0 Å². The lowest BCUT2D eigenvalue weighted by atomic mass is 9.76. The molecule has 5 unspecified atom stereocenters. The van der Waals surface area contributed by atoms with Gasteiger partial charge in [0.25, 0.3) is 0 Å². The highest BCUT2D eigenvalue weighted by Gasteiger charge is 2.38. The molecule has 3 fully saturated rings. The Balaban J connectivity index is 1.58. The zero-order chi connectivity index (χ0) is 15.0. The summed E-state index contributed by atoms with van der Waals surface area (Å²) < 4.78 is 0. The van der Waals surface area contributed by atoms with Gasteiger partial charge in [0.05, 0.1) is 0 Å². The molecule has 1 saturated carbocycles. The molecule has 5 atom stereocenters. The van der Waals surface area contributed by atoms with Crippen LogP contribution in [-0.4, -0.2) is 42.0 Å². The summed E-state index contributed by atoms with van der Waals surface area (Å²) in [7, 11) is 2.26. The third-order valence-electron chi connectivity index (χ3n) is 6.39. The van der Waals surface area contributed by atoms with E-state index in [1.165, 1.54) is 19.3 Å². The van der Waals surface area contributed by atoms with Crippen LogP contribution in [0.15, 0.2) is 0 Å². The van der Waals surface area contributed by atoms with E-state index in [4.69, 9.17) is 5.73 Å². The normalized spacial score (nSPS) is 44.3. The Morgan fingerprint density at radius 1 is 1.10 bits per heavy atom. The lowest BCUT2D eigenvalue weighted by Gasteiger charge is -2.47. The number of nitrogens with one attached hydrogen (secondary N) is 1. The fourth-order valence-electron chi connectivity index (χ4n) is 4.81. The molecule has 2 bridgehead atoms. The lowest BCUT2D eigenvalue weighted by molar-refractivity contribution is -0.129. The van der Waals surface area contributed by atoms with Gasteiger partial charge in [-0.3, -0.25) is 4.79 Å². The number of nitrogens with two attached hydrogens (primary N) is 1. The van der Waals surface area contributed by atoms with Gasteiger partial charge in [-0.15, -0.1) is 0 Å². The van der Waals surface area contributed by atoms with Gasteiger partial charge >= 0.3 is 0 Å². The smallest absolute Gasteiger partial charge is 0.223 e. The quantitative estimate of drug-likeness (QED) is 0.817. The van der Waals surface area contributed by atoms with Crippen molar-refractivity contribution in [2.45, 2.75) is 82.5 Å². The molecule has 2 aliphatic heterocycles. The van der Waals surface area contributed by atoms with E-state index in [0.29, 0.717) is 24.0 Å². The van der Waals surface area contributed by atoms with Crippen molar-refractivity contribution < 1.29 is 4.79 Å². The van der Waals surface area contributed by atoms with Crippen molar-refractivity contribution in [1.82, 2.24) is 10.2 Å². The molecule has 21 heavy (non-hydrogen) atoms. The van der Waals surface area contributed by atoms with Gasteiger partial charge in [-0.25, -0.2) is 0 Å². The first-order valence-corrected chi connectivity index (χ1v) is 8.84. The molecule has 3 aliphatic rings. The number of rotatable bonds is 2. The molecule has 0 aromatic carbocycles. The number of hydrogen-bond donors (Lipinski definition) is 2. The molecule has 4 nitrogen and oxygen atoms in total. The van der Waals surface area contributed by atoms with Gasteiger partial charge in [0.1, 0.15) is 0 Å². The van der Waals surface area contributed by atoms with E-state index in [9.17, 15) is 4.79 Å². The third-order valence-corrected chi connectivity index (χ3v) is 6.39. The second-order valence-electron chi connectivity index (χ2n) is 7.64. The fourth-order valence-corrected chi connectivity index (χ4v) is 4.81. The zero-order valence-electron chi connectivity index (χ0n) is 13.6. The first kappa shape index (κ1) is 15.3. The molecule has 3 rings (SSSR count). The van der Waals surface area contributed by atoms with Crippen molar-refractivity contribution >= 4 is 5.91 Å². The SMILES string of the molecule is CC1C(N)CCCC1C(=O)NC1CC2CCCC(C1)N2C. The van der Waals surface area contributed by atoms with E-state index in [0.717, 1.165) is 32.1 Å². The Kier molecular flexibility index (Phi) is 4.55. The molecule has 1 aliphatic carbocycles. The van der Waals surface area contributed by atoms with E-state index in [1.807, 2.05) is 0 Å². The molecular formula is C17H31N3O. The summed E-state index contributed by atoms with van der Waals surface area (Å²) in [5.74, 6) is 0.725. The lowest BCUT2D eigenvalue weighted by Crippen LogP contribution is -2.56. The van der Waals surface area contributed by atoms with Gasteiger partial charge in [0.15, 0.2) is 0 Å². The van der Waals surface area contributed by atoms with Crippen molar-refractivity contribution in [3.63, 3.8) is 0 Å². The highest BCUT2D eigenvalue weighted by Crippen LogP contribution is 2.34. The van der Waals surface area contributed by atoms with Crippen LogP contribution in [0.1, 0.15) is 58.3 Å². The van der Waals surface area contributed by atoms with Gasteiger partial charge in [0, 0.05) is 30.1 Å². The Morgan fingerprint density at radius 2 is 1.71 bits per heavy atom. The van der Waals surface area contributed by atoms with Crippen LogP contribution in [0.2, 0.25) is 0 Å². The maximum atomic E-state index is 12.6. The number of piperidine rings is 2. The summed E-state index contributed by atoms with van der Waals surface area (Å²) in [5.41, 5.74) is 6.15. The highest BCUT2D eigenvalue weighted by atomic mass is 16.2. The summed E-state index contributed by atoms with van der Waals surface area (Å²) in [6.07, 6.45) is 9.40. The largest absolute Gasteiger partial charge is 0.353 e. The molecule has 0 aromatic heterocycles. The third kappa shape index (κ3) is 3.11. The van der Waals surface area contributed by atoms with Crippen molar-refractivity contribution in [2.24, 2.45) is 17.6 Å². The number of fused-ring (bicyclic) bond motifs is 2. The number of hydrogen-bond acceptors (Lipinski definition) is 3. The molecule has 0 radical (unpaired) electrons. The van der Waals surface area contributed by atoms with Gasteiger partial charge in [-0.1, -0.05) is 19.8 Å². The van der Waals surface area contributed by atoms with E-state index < -0.39 is 0 Å². The van der Waals surface area contributed by atoms with Crippen molar-refractivity contribution in [3.8, 4) is 0 Å². The van der Waals surface area contributed by atoms with E-state index in [2.05, 4.69) is 24.2 Å². The minimum Gasteiger partial charge on any atom is -0.353 e. The summed E-state index contributed by atoms with van der Waals surface area (Å²) in [4.78, 5) is 15.2. The predicted octanol–water partition coefficient (Wildman–Crippen LogP) is 1.88. The van der Waals surface area contributed by atoms with Gasteiger partial charge in [-0.2, -0.15) is 0 Å². The number of carbonyl (C=O) groups excluding carboxylic acids is 1. The Hall–Kier alpha value is -0.610. The molecule has 4 heteroatoms. The predicted molar refractivity (Wildman–Crippen MR) is 84.8 cm³/mol. The molecule has 3 N–H and O–H groups in total. The molecule has 2 saturated heterocycles. The Bertz CT molecular complexity index is 372. The maximum absolute atomic E-state index is 12.6. The van der Waals surface area contributed by atoms with Crippen LogP contribution in [-0.2, 0) is 4.79 Å². The molecular weight excluding hydrogens is 262 g/mol. The van der Waals surface area contributed by atoms with Crippen molar-refractivity contribution in [3.05, 3.63) is 0 Å². The molecule has 2 heterocycles.